The topological polar surface area (TPSA) is 56.8 Å². The third kappa shape index (κ3) is 3.61. The van der Waals surface area contributed by atoms with Gasteiger partial charge in [0.1, 0.15) is 17.7 Å². The highest BCUT2D eigenvalue weighted by Crippen LogP contribution is 2.34. The van der Waals surface area contributed by atoms with E-state index in [0.717, 1.165) is 37.3 Å². The van der Waals surface area contributed by atoms with E-state index in [-0.39, 0.29) is 6.23 Å². The maximum atomic E-state index is 6.14. The monoisotopic (exact) mass is 350 g/mol. The van der Waals surface area contributed by atoms with Crippen LogP contribution in [0.2, 0.25) is 0 Å². The quantitative estimate of drug-likeness (QED) is 0.894. The minimum absolute atomic E-state index is 0.184. The van der Waals surface area contributed by atoms with Crippen molar-refractivity contribution in [2.45, 2.75) is 38.3 Å². The SMILES string of the molecule is CC1CN=CC1c1ccccc1OCCc1ccc2c(c1)OC(N)CC2. The molecule has 3 unspecified atom stereocenters. The number of nitrogens with two attached hydrogens (primary N) is 1. The molecule has 0 aliphatic carbocycles. The minimum atomic E-state index is -0.184. The van der Waals surface area contributed by atoms with Gasteiger partial charge in [0.25, 0.3) is 0 Å². The van der Waals surface area contributed by atoms with Crippen molar-refractivity contribution >= 4 is 6.21 Å². The van der Waals surface area contributed by atoms with Crippen LogP contribution in [0, 0.1) is 5.92 Å². The van der Waals surface area contributed by atoms with Crippen molar-refractivity contribution in [2.75, 3.05) is 13.2 Å². The van der Waals surface area contributed by atoms with Crippen molar-refractivity contribution in [1.82, 2.24) is 0 Å². The summed E-state index contributed by atoms with van der Waals surface area (Å²) in [6.45, 7) is 3.78. The predicted octanol–water partition coefficient (Wildman–Crippen LogP) is 3.72. The predicted molar refractivity (Wildman–Crippen MR) is 104 cm³/mol. The summed E-state index contributed by atoms with van der Waals surface area (Å²) < 4.78 is 11.9. The highest BCUT2D eigenvalue weighted by atomic mass is 16.5. The second kappa shape index (κ2) is 7.50. The minimum Gasteiger partial charge on any atom is -0.493 e. The molecule has 2 aromatic carbocycles. The summed E-state index contributed by atoms with van der Waals surface area (Å²) in [5.41, 5.74) is 9.60. The van der Waals surface area contributed by atoms with Crippen molar-refractivity contribution in [3.63, 3.8) is 0 Å². The second-order valence-corrected chi connectivity index (χ2v) is 7.29. The lowest BCUT2D eigenvalue weighted by molar-refractivity contribution is 0.180. The Morgan fingerprint density at radius 1 is 1.23 bits per heavy atom. The second-order valence-electron chi connectivity index (χ2n) is 7.29. The number of aryl methyl sites for hydroxylation is 1. The molecule has 0 fully saturated rings. The van der Waals surface area contributed by atoms with Crippen LogP contribution in [0.3, 0.4) is 0 Å². The fraction of sp³-hybridized carbons (Fsp3) is 0.409. The number of benzene rings is 2. The van der Waals surface area contributed by atoms with Crippen LogP contribution >= 0.6 is 0 Å². The molecular weight excluding hydrogens is 324 g/mol. The largest absolute Gasteiger partial charge is 0.493 e. The molecule has 0 amide bonds. The Balaban J connectivity index is 1.41. The van der Waals surface area contributed by atoms with Gasteiger partial charge in [-0.25, -0.2) is 0 Å². The van der Waals surface area contributed by atoms with Gasteiger partial charge in [0.05, 0.1) is 6.61 Å². The van der Waals surface area contributed by atoms with E-state index in [9.17, 15) is 0 Å². The Morgan fingerprint density at radius 3 is 2.96 bits per heavy atom. The van der Waals surface area contributed by atoms with Gasteiger partial charge in [0.15, 0.2) is 0 Å². The zero-order valence-electron chi connectivity index (χ0n) is 15.2. The van der Waals surface area contributed by atoms with Crippen molar-refractivity contribution in [3.8, 4) is 11.5 Å². The van der Waals surface area contributed by atoms with Gasteiger partial charge in [-0.2, -0.15) is 0 Å². The van der Waals surface area contributed by atoms with Gasteiger partial charge in [-0.05, 0) is 35.6 Å². The fourth-order valence-electron chi connectivity index (χ4n) is 3.74. The molecule has 2 aromatic rings. The summed E-state index contributed by atoms with van der Waals surface area (Å²) in [6.07, 6.45) is 4.60. The average Bonchev–Trinajstić information content (AvgIpc) is 3.07. The number of para-hydroxylation sites is 1. The molecule has 2 aliphatic heterocycles. The van der Waals surface area contributed by atoms with Crippen molar-refractivity contribution in [1.29, 1.82) is 0 Å². The van der Waals surface area contributed by atoms with Gasteiger partial charge in [-0.1, -0.05) is 37.3 Å². The van der Waals surface area contributed by atoms with Gasteiger partial charge in [0.2, 0.25) is 0 Å². The summed E-state index contributed by atoms with van der Waals surface area (Å²) in [4.78, 5) is 4.43. The molecule has 0 bridgehead atoms. The molecule has 136 valence electrons. The first-order valence-electron chi connectivity index (χ1n) is 9.46. The molecule has 0 saturated heterocycles. The van der Waals surface area contributed by atoms with E-state index in [1.807, 2.05) is 6.07 Å². The van der Waals surface area contributed by atoms with Gasteiger partial charge in [-0.15, -0.1) is 0 Å². The molecule has 0 aromatic heterocycles. The van der Waals surface area contributed by atoms with Crippen LogP contribution in [0.5, 0.6) is 11.5 Å². The molecule has 3 atom stereocenters. The van der Waals surface area contributed by atoms with Crippen molar-refractivity contribution in [2.24, 2.45) is 16.6 Å². The molecule has 2 aliphatic rings. The van der Waals surface area contributed by atoms with Crippen LogP contribution in [-0.4, -0.2) is 25.6 Å². The zero-order valence-corrected chi connectivity index (χ0v) is 15.2. The van der Waals surface area contributed by atoms with E-state index < -0.39 is 0 Å². The Morgan fingerprint density at radius 2 is 2.12 bits per heavy atom. The van der Waals surface area contributed by atoms with E-state index in [4.69, 9.17) is 15.2 Å². The zero-order chi connectivity index (χ0) is 17.9. The lowest BCUT2D eigenvalue weighted by Crippen LogP contribution is -2.31. The van der Waals surface area contributed by atoms with Gasteiger partial charge in [-0.3, -0.25) is 10.7 Å². The van der Waals surface area contributed by atoms with E-state index in [0.29, 0.717) is 18.4 Å². The molecule has 0 radical (unpaired) electrons. The highest BCUT2D eigenvalue weighted by molar-refractivity contribution is 5.72. The Hall–Kier alpha value is -2.33. The van der Waals surface area contributed by atoms with Crippen LogP contribution in [0.1, 0.15) is 36.0 Å². The smallest absolute Gasteiger partial charge is 0.148 e. The normalized spacial score (nSPS) is 24.2. The van der Waals surface area contributed by atoms with E-state index >= 15 is 0 Å². The molecule has 2 heterocycles. The number of aliphatic imine (C=N–C) groups is 1. The van der Waals surface area contributed by atoms with Crippen LogP contribution < -0.4 is 15.2 Å². The fourth-order valence-corrected chi connectivity index (χ4v) is 3.74. The number of fused-ring (bicyclic) bond motifs is 1. The van der Waals surface area contributed by atoms with E-state index in [2.05, 4.69) is 54.5 Å². The third-order valence-electron chi connectivity index (χ3n) is 5.31. The molecular formula is C22H26N2O2. The van der Waals surface area contributed by atoms with Crippen LogP contribution in [0.15, 0.2) is 47.5 Å². The third-order valence-corrected chi connectivity index (χ3v) is 5.31. The summed E-state index contributed by atoms with van der Waals surface area (Å²) in [5.74, 6) is 2.78. The highest BCUT2D eigenvalue weighted by Gasteiger charge is 2.24. The van der Waals surface area contributed by atoms with Crippen LogP contribution in [0.25, 0.3) is 0 Å². The Kier molecular flexibility index (Phi) is 4.93. The average molecular weight is 350 g/mol. The molecule has 0 spiro atoms. The molecule has 4 nitrogen and oxygen atoms in total. The van der Waals surface area contributed by atoms with E-state index in [1.165, 1.54) is 16.7 Å². The van der Waals surface area contributed by atoms with Crippen LogP contribution in [-0.2, 0) is 12.8 Å². The molecule has 2 N–H and O–H groups in total. The molecule has 4 rings (SSSR count). The Labute approximate surface area is 155 Å². The summed E-state index contributed by atoms with van der Waals surface area (Å²) in [5, 5.41) is 0. The number of rotatable bonds is 5. The number of ether oxygens (including phenoxy) is 2. The standard InChI is InChI=1S/C22H26N2O2/c1-15-13-24-14-19(15)18-4-2-3-5-20(18)25-11-10-16-6-7-17-8-9-22(23)26-21(17)12-16/h2-7,12,14-15,19,22H,8-11,13,23H2,1H3. The van der Waals surface area contributed by atoms with Crippen molar-refractivity contribution in [3.05, 3.63) is 59.2 Å². The van der Waals surface area contributed by atoms with Gasteiger partial charge >= 0.3 is 0 Å². The maximum absolute atomic E-state index is 6.14. The first kappa shape index (κ1) is 17.1. The van der Waals surface area contributed by atoms with Gasteiger partial charge < -0.3 is 9.47 Å². The van der Waals surface area contributed by atoms with Gasteiger partial charge in [0, 0.05) is 37.1 Å². The maximum Gasteiger partial charge on any atom is 0.148 e. The molecule has 0 saturated carbocycles. The summed E-state index contributed by atoms with van der Waals surface area (Å²) in [7, 11) is 0. The lowest BCUT2D eigenvalue weighted by atomic mass is 9.90. The van der Waals surface area contributed by atoms with Crippen molar-refractivity contribution < 1.29 is 9.47 Å². The van der Waals surface area contributed by atoms with E-state index in [1.54, 1.807) is 0 Å². The lowest BCUT2D eigenvalue weighted by Gasteiger charge is -2.23. The molecule has 26 heavy (non-hydrogen) atoms. The summed E-state index contributed by atoms with van der Waals surface area (Å²) in [6, 6.07) is 14.7. The number of hydrogen-bond acceptors (Lipinski definition) is 4. The first-order valence-corrected chi connectivity index (χ1v) is 9.46. The number of nitrogens with zero attached hydrogens (tertiary/aromatic N) is 1. The first-order chi connectivity index (χ1) is 12.7. The molecule has 4 heteroatoms. The Bertz CT molecular complexity index is 802. The number of hydrogen-bond donors (Lipinski definition) is 1. The summed E-state index contributed by atoms with van der Waals surface area (Å²) >= 11 is 0. The van der Waals surface area contributed by atoms with Crippen LogP contribution in [0.4, 0.5) is 0 Å².